The molecular formula is C30H27N5O3S. The van der Waals surface area contributed by atoms with Crippen LogP contribution in [0.2, 0.25) is 0 Å². The monoisotopic (exact) mass is 537 g/mol. The van der Waals surface area contributed by atoms with Crippen LogP contribution in [0.25, 0.3) is 10.9 Å². The summed E-state index contributed by atoms with van der Waals surface area (Å²) in [6, 6.07) is 19.0. The molecule has 8 nitrogen and oxygen atoms in total. The number of piperidine rings is 1. The quantitative estimate of drug-likeness (QED) is 0.225. The Morgan fingerprint density at radius 2 is 1.67 bits per heavy atom. The lowest BCUT2D eigenvalue weighted by Crippen LogP contribution is -2.44. The van der Waals surface area contributed by atoms with Gasteiger partial charge < -0.3 is 20.9 Å². The number of carbonyl (C=O) groups is 1. The second-order valence-electron chi connectivity index (χ2n) is 9.59. The number of amides is 1. The van der Waals surface area contributed by atoms with Crippen molar-refractivity contribution in [2.24, 2.45) is 0 Å². The van der Waals surface area contributed by atoms with E-state index >= 15 is 0 Å². The Kier molecular flexibility index (Phi) is 6.81. The van der Waals surface area contributed by atoms with Crippen molar-refractivity contribution in [1.29, 1.82) is 0 Å². The Bertz CT molecular complexity index is 1710. The van der Waals surface area contributed by atoms with Crippen LogP contribution < -0.4 is 31.7 Å². The van der Waals surface area contributed by atoms with Crippen molar-refractivity contribution in [3.05, 3.63) is 103 Å². The van der Waals surface area contributed by atoms with Crippen molar-refractivity contribution in [3.8, 4) is 0 Å². The summed E-state index contributed by atoms with van der Waals surface area (Å²) in [5.41, 5.74) is 4.07. The Labute approximate surface area is 229 Å². The van der Waals surface area contributed by atoms with E-state index in [-0.39, 0.29) is 5.91 Å². The number of hydrogen-bond donors (Lipinski definition) is 3. The molecule has 0 unspecified atom stereocenters. The van der Waals surface area contributed by atoms with E-state index in [9.17, 15) is 14.4 Å². The van der Waals surface area contributed by atoms with Gasteiger partial charge in [0.1, 0.15) is 16.3 Å². The molecule has 0 bridgehead atoms. The van der Waals surface area contributed by atoms with E-state index in [1.807, 2.05) is 46.7 Å². The first-order valence-electron chi connectivity index (χ1n) is 13.0. The predicted molar refractivity (Wildman–Crippen MR) is 158 cm³/mol. The number of fused-ring (bicyclic) bond motifs is 1. The highest BCUT2D eigenvalue weighted by atomic mass is 32.1. The van der Waals surface area contributed by atoms with Crippen molar-refractivity contribution in [3.63, 3.8) is 0 Å². The molecule has 3 N–H and O–H groups in total. The van der Waals surface area contributed by atoms with E-state index < -0.39 is 10.9 Å². The second kappa shape index (κ2) is 10.7. The van der Waals surface area contributed by atoms with Crippen LogP contribution in [0.15, 0.2) is 81.8 Å². The van der Waals surface area contributed by atoms with Gasteiger partial charge in [0.2, 0.25) is 0 Å². The van der Waals surface area contributed by atoms with Crippen LogP contribution in [0.4, 0.5) is 28.4 Å². The summed E-state index contributed by atoms with van der Waals surface area (Å²) in [6.45, 7) is 2.16. The third-order valence-electron chi connectivity index (χ3n) is 7.05. The Hall–Kier alpha value is -4.50. The fraction of sp³-hybridized carbons (Fsp3) is 0.200. The summed E-state index contributed by atoms with van der Waals surface area (Å²) in [4.78, 5) is 44.5. The third-order valence-corrected chi connectivity index (χ3v) is 7.96. The topological polar surface area (TPSA) is 103 Å². The van der Waals surface area contributed by atoms with E-state index in [2.05, 4.69) is 20.9 Å². The summed E-state index contributed by atoms with van der Waals surface area (Å²) in [5.74, 6) is -0.206. The fourth-order valence-corrected chi connectivity index (χ4v) is 5.77. The summed E-state index contributed by atoms with van der Waals surface area (Å²) < 4.78 is 0. The van der Waals surface area contributed by atoms with E-state index in [1.165, 1.54) is 11.3 Å². The van der Waals surface area contributed by atoms with Crippen LogP contribution in [0.3, 0.4) is 0 Å². The van der Waals surface area contributed by atoms with Gasteiger partial charge in [-0.3, -0.25) is 19.4 Å². The molecule has 6 rings (SSSR count). The molecule has 0 atom stereocenters. The van der Waals surface area contributed by atoms with Gasteiger partial charge >= 0.3 is 0 Å². The maximum absolute atomic E-state index is 13.1. The molecule has 0 aliphatic carbocycles. The number of pyridine rings is 1. The van der Waals surface area contributed by atoms with Gasteiger partial charge in [-0.05, 0) is 72.7 Å². The highest BCUT2D eigenvalue weighted by Gasteiger charge is 2.27. The van der Waals surface area contributed by atoms with Gasteiger partial charge in [0.05, 0.1) is 11.2 Å². The number of carbonyl (C=O) groups excluding carboxylic acids is 1. The minimum absolute atomic E-state index is 0.206. The second-order valence-corrected chi connectivity index (χ2v) is 10.5. The van der Waals surface area contributed by atoms with Gasteiger partial charge in [0.25, 0.3) is 16.8 Å². The lowest BCUT2D eigenvalue weighted by atomic mass is 10.1. The first-order chi connectivity index (χ1) is 19.1. The van der Waals surface area contributed by atoms with E-state index in [1.54, 1.807) is 30.5 Å². The average molecular weight is 538 g/mol. The number of nitrogens with zero attached hydrogens (tertiary/aromatic N) is 2. The number of nitrogens with one attached hydrogen (secondary N) is 3. The molecule has 2 aromatic heterocycles. The Morgan fingerprint density at radius 3 is 2.49 bits per heavy atom. The zero-order valence-electron chi connectivity index (χ0n) is 21.2. The van der Waals surface area contributed by atoms with E-state index in [4.69, 9.17) is 0 Å². The first kappa shape index (κ1) is 24.8. The highest BCUT2D eigenvalue weighted by Crippen LogP contribution is 2.29. The molecule has 39 heavy (non-hydrogen) atoms. The number of benzene rings is 2. The van der Waals surface area contributed by atoms with Gasteiger partial charge in [0.15, 0.2) is 0 Å². The van der Waals surface area contributed by atoms with Crippen molar-refractivity contribution >= 4 is 56.6 Å². The number of para-hydroxylation sites is 1. The zero-order valence-corrected chi connectivity index (χ0v) is 22.0. The number of anilines is 5. The van der Waals surface area contributed by atoms with Crippen molar-refractivity contribution in [2.75, 3.05) is 33.9 Å². The van der Waals surface area contributed by atoms with Crippen molar-refractivity contribution in [1.82, 2.24) is 4.98 Å². The minimum Gasteiger partial charge on any atom is -0.380 e. The largest absolute Gasteiger partial charge is 0.380 e. The normalized spacial score (nSPS) is 13.5. The molecular weight excluding hydrogens is 510 g/mol. The van der Waals surface area contributed by atoms with Crippen LogP contribution in [-0.4, -0.2) is 24.0 Å². The Morgan fingerprint density at radius 1 is 0.897 bits per heavy atom. The van der Waals surface area contributed by atoms with E-state index in [0.717, 1.165) is 54.5 Å². The summed E-state index contributed by atoms with van der Waals surface area (Å²) in [5, 5.41) is 12.4. The number of thiophene rings is 1. The molecule has 0 saturated carbocycles. The molecule has 1 fully saturated rings. The van der Waals surface area contributed by atoms with Crippen molar-refractivity contribution < 1.29 is 4.79 Å². The van der Waals surface area contributed by atoms with Gasteiger partial charge in [-0.15, -0.1) is 11.3 Å². The standard InChI is InChI=1S/C30H27N5O3S/c36-27-25(26(28(27)37)35-15-4-1-5-16-35)33-20-8-10-21(11-9-20)34-30(38)29-24(13-17-39-29)32-18-19-12-14-31-23-7-3-2-6-22(19)23/h2-3,6-14,17,32-33H,1,4-5,15-16,18H2,(H,34,38). The van der Waals surface area contributed by atoms with Gasteiger partial charge in [-0.1, -0.05) is 18.2 Å². The van der Waals surface area contributed by atoms with Gasteiger partial charge in [-0.25, -0.2) is 0 Å². The zero-order chi connectivity index (χ0) is 26.8. The third kappa shape index (κ3) is 5.00. The molecule has 1 amide bonds. The van der Waals surface area contributed by atoms with Crippen LogP contribution in [0.1, 0.15) is 34.5 Å². The molecule has 1 aliphatic rings. The first-order valence-corrected chi connectivity index (χ1v) is 13.9. The van der Waals surface area contributed by atoms with Gasteiger partial charge in [0, 0.05) is 42.6 Å². The Balaban J connectivity index is 1.11. The molecule has 5 aromatic rings. The molecule has 1 saturated heterocycles. The number of hydrogen-bond acceptors (Lipinski definition) is 8. The average Bonchev–Trinajstić information content (AvgIpc) is 3.46. The van der Waals surface area contributed by atoms with Crippen LogP contribution >= 0.6 is 11.3 Å². The van der Waals surface area contributed by atoms with Crippen LogP contribution in [0.5, 0.6) is 0 Å². The molecule has 3 heterocycles. The van der Waals surface area contributed by atoms with E-state index in [0.29, 0.717) is 34.2 Å². The highest BCUT2D eigenvalue weighted by molar-refractivity contribution is 7.12. The molecule has 196 valence electrons. The molecule has 0 spiro atoms. The van der Waals surface area contributed by atoms with Crippen LogP contribution in [-0.2, 0) is 6.54 Å². The summed E-state index contributed by atoms with van der Waals surface area (Å²) >= 11 is 1.37. The molecule has 3 aromatic carbocycles. The lowest BCUT2D eigenvalue weighted by Gasteiger charge is -2.30. The number of aromatic nitrogens is 1. The number of rotatable bonds is 8. The van der Waals surface area contributed by atoms with Gasteiger partial charge in [-0.2, -0.15) is 0 Å². The smallest absolute Gasteiger partial charge is 0.267 e. The fourth-order valence-electron chi connectivity index (χ4n) is 5.01. The van der Waals surface area contributed by atoms with Crippen LogP contribution in [0, 0.1) is 0 Å². The molecule has 1 aliphatic heterocycles. The molecule has 0 radical (unpaired) electrons. The maximum atomic E-state index is 13.1. The summed E-state index contributed by atoms with van der Waals surface area (Å²) in [7, 11) is 0. The minimum atomic E-state index is -0.481. The lowest BCUT2D eigenvalue weighted by molar-refractivity contribution is 0.103. The molecule has 9 heteroatoms. The summed E-state index contributed by atoms with van der Waals surface area (Å²) in [6.07, 6.45) is 4.99. The SMILES string of the molecule is O=C(Nc1ccc(Nc2c(N3CCCCC3)c(=O)c2=O)cc1)c1sccc1NCc1ccnc2ccccc12. The predicted octanol–water partition coefficient (Wildman–Crippen LogP) is 5.49. The maximum Gasteiger partial charge on any atom is 0.267 e. The van der Waals surface area contributed by atoms with Crippen molar-refractivity contribution in [2.45, 2.75) is 25.8 Å².